The summed E-state index contributed by atoms with van der Waals surface area (Å²) in [5.74, 6) is -2.20. The van der Waals surface area contributed by atoms with Crippen LogP contribution in [0.4, 0.5) is 10.1 Å². The fourth-order valence-corrected chi connectivity index (χ4v) is 2.87. The summed E-state index contributed by atoms with van der Waals surface area (Å²) in [6.45, 7) is 4.78. The van der Waals surface area contributed by atoms with Crippen molar-refractivity contribution >= 4 is 29.4 Å². The molecule has 1 N–H and O–H groups in total. The Balaban J connectivity index is 1.90. The third kappa shape index (κ3) is 6.85. The number of nitrogens with one attached hydrogen (secondary N) is 1. The van der Waals surface area contributed by atoms with Gasteiger partial charge in [0.25, 0.3) is 5.91 Å². The molecule has 3 amide bonds. The predicted molar refractivity (Wildman–Crippen MR) is 103 cm³/mol. The van der Waals surface area contributed by atoms with Crippen LogP contribution in [0.25, 0.3) is 0 Å². The van der Waals surface area contributed by atoms with Crippen molar-refractivity contribution in [1.82, 2.24) is 9.80 Å². The van der Waals surface area contributed by atoms with Crippen LogP contribution in [0.1, 0.15) is 33.6 Å². The van der Waals surface area contributed by atoms with E-state index < -0.39 is 35.7 Å². The number of likely N-dealkylation sites (tertiary alicyclic amines) is 1. The molecule has 0 atom stereocenters. The Labute approximate surface area is 169 Å². The van der Waals surface area contributed by atoms with Gasteiger partial charge in [0.1, 0.15) is 18.9 Å². The molecule has 158 valence electrons. The molecule has 9 heteroatoms. The van der Waals surface area contributed by atoms with E-state index in [-0.39, 0.29) is 19.0 Å². The Morgan fingerprint density at radius 2 is 1.86 bits per heavy atom. The van der Waals surface area contributed by atoms with Gasteiger partial charge in [0.15, 0.2) is 6.61 Å². The molecular weight excluding hydrogens is 381 g/mol. The van der Waals surface area contributed by atoms with E-state index in [4.69, 9.17) is 4.74 Å². The average Bonchev–Trinajstić information content (AvgIpc) is 3.03. The number of carbonyl (C=O) groups is 4. The van der Waals surface area contributed by atoms with Gasteiger partial charge in [0, 0.05) is 24.2 Å². The minimum Gasteiger partial charge on any atom is -0.454 e. The first-order valence-electron chi connectivity index (χ1n) is 9.35. The van der Waals surface area contributed by atoms with Crippen molar-refractivity contribution in [3.63, 3.8) is 0 Å². The van der Waals surface area contributed by atoms with Gasteiger partial charge >= 0.3 is 5.97 Å². The number of benzene rings is 1. The van der Waals surface area contributed by atoms with Crippen LogP contribution in [0.2, 0.25) is 0 Å². The highest BCUT2D eigenvalue weighted by Gasteiger charge is 2.30. The van der Waals surface area contributed by atoms with Crippen molar-refractivity contribution in [2.45, 2.75) is 39.2 Å². The fourth-order valence-electron chi connectivity index (χ4n) is 2.87. The Morgan fingerprint density at radius 3 is 2.41 bits per heavy atom. The number of anilines is 1. The first kappa shape index (κ1) is 22.3. The normalized spacial score (nSPS) is 13.9. The van der Waals surface area contributed by atoms with Crippen LogP contribution in [-0.4, -0.2) is 65.3 Å². The standard InChI is InChI=1S/C20H26FN3O5/c1-20(2,3)24(11-16(25)22-15-8-6-14(21)7-9-15)18(27)13-29-19(28)12-23-10-4-5-17(23)26/h6-9H,4-5,10-13H2,1-3H3,(H,22,25). The second-order valence-electron chi connectivity index (χ2n) is 7.79. The second kappa shape index (κ2) is 9.49. The minimum absolute atomic E-state index is 0.109. The van der Waals surface area contributed by atoms with Gasteiger partial charge in [0.05, 0.1) is 0 Å². The summed E-state index contributed by atoms with van der Waals surface area (Å²) in [6, 6.07) is 5.26. The monoisotopic (exact) mass is 407 g/mol. The molecule has 1 aliphatic heterocycles. The van der Waals surface area contributed by atoms with Gasteiger partial charge in [-0.15, -0.1) is 0 Å². The zero-order chi connectivity index (χ0) is 21.6. The van der Waals surface area contributed by atoms with E-state index in [0.29, 0.717) is 25.1 Å². The molecule has 0 radical (unpaired) electrons. The van der Waals surface area contributed by atoms with Crippen molar-refractivity contribution in [3.05, 3.63) is 30.1 Å². The third-order valence-electron chi connectivity index (χ3n) is 4.39. The zero-order valence-electron chi connectivity index (χ0n) is 16.9. The smallest absolute Gasteiger partial charge is 0.326 e. The lowest BCUT2D eigenvalue weighted by Crippen LogP contribution is -2.51. The van der Waals surface area contributed by atoms with Crippen molar-refractivity contribution in [2.75, 3.05) is 31.6 Å². The molecule has 1 aromatic rings. The topological polar surface area (TPSA) is 96.0 Å². The van der Waals surface area contributed by atoms with E-state index >= 15 is 0 Å². The maximum absolute atomic E-state index is 13.0. The number of esters is 1. The summed E-state index contributed by atoms with van der Waals surface area (Å²) >= 11 is 0. The van der Waals surface area contributed by atoms with E-state index in [2.05, 4.69) is 5.32 Å². The van der Waals surface area contributed by atoms with Gasteiger partial charge in [-0.05, 0) is 51.5 Å². The Morgan fingerprint density at radius 1 is 1.21 bits per heavy atom. The highest BCUT2D eigenvalue weighted by molar-refractivity contribution is 5.95. The second-order valence-corrected chi connectivity index (χ2v) is 7.79. The van der Waals surface area contributed by atoms with Crippen LogP contribution in [0.5, 0.6) is 0 Å². The number of ether oxygens (including phenoxy) is 1. The molecular formula is C20H26FN3O5. The molecule has 0 aromatic heterocycles. The van der Waals surface area contributed by atoms with E-state index in [9.17, 15) is 23.6 Å². The largest absolute Gasteiger partial charge is 0.454 e. The van der Waals surface area contributed by atoms with Crippen LogP contribution in [0, 0.1) is 5.82 Å². The van der Waals surface area contributed by atoms with Gasteiger partial charge in [-0.3, -0.25) is 19.2 Å². The lowest BCUT2D eigenvalue weighted by molar-refractivity contribution is -0.156. The molecule has 2 rings (SSSR count). The highest BCUT2D eigenvalue weighted by Crippen LogP contribution is 2.15. The maximum Gasteiger partial charge on any atom is 0.326 e. The first-order valence-corrected chi connectivity index (χ1v) is 9.35. The Kier molecular flexibility index (Phi) is 7.30. The number of halogens is 1. The Hall–Kier alpha value is -2.97. The molecule has 0 saturated carbocycles. The fraction of sp³-hybridized carbons (Fsp3) is 0.500. The molecule has 29 heavy (non-hydrogen) atoms. The zero-order valence-corrected chi connectivity index (χ0v) is 16.9. The van der Waals surface area contributed by atoms with E-state index in [1.54, 1.807) is 20.8 Å². The number of nitrogens with zero attached hydrogens (tertiary/aromatic N) is 2. The van der Waals surface area contributed by atoms with Crippen LogP contribution in [0.3, 0.4) is 0 Å². The van der Waals surface area contributed by atoms with Gasteiger partial charge in [0.2, 0.25) is 11.8 Å². The molecule has 0 aliphatic carbocycles. The van der Waals surface area contributed by atoms with Crippen LogP contribution in [-0.2, 0) is 23.9 Å². The van der Waals surface area contributed by atoms with E-state index in [1.807, 2.05) is 0 Å². The van der Waals surface area contributed by atoms with Gasteiger partial charge in [-0.2, -0.15) is 0 Å². The lowest BCUT2D eigenvalue weighted by atomic mass is 10.1. The number of rotatable bonds is 7. The average molecular weight is 407 g/mol. The van der Waals surface area contributed by atoms with Crippen LogP contribution < -0.4 is 5.32 Å². The van der Waals surface area contributed by atoms with Crippen molar-refractivity contribution in [3.8, 4) is 0 Å². The molecule has 1 heterocycles. The molecule has 0 spiro atoms. The SMILES string of the molecule is CC(C)(C)N(CC(=O)Nc1ccc(F)cc1)C(=O)COC(=O)CN1CCCC1=O. The first-order chi connectivity index (χ1) is 13.6. The van der Waals surface area contributed by atoms with Crippen molar-refractivity contribution in [2.24, 2.45) is 0 Å². The third-order valence-corrected chi connectivity index (χ3v) is 4.39. The van der Waals surface area contributed by atoms with E-state index in [0.717, 1.165) is 0 Å². The number of carbonyl (C=O) groups excluding carboxylic acids is 4. The summed E-state index contributed by atoms with van der Waals surface area (Å²) in [4.78, 5) is 51.0. The number of amides is 3. The summed E-state index contributed by atoms with van der Waals surface area (Å²) in [6.07, 6.45) is 1.11. The molecule has 0 unspecified atom stereocenters. The van der Waals surface area contributed by atoms with Crippen molar-refractivity contribution < 1.29 is 28.3 Å². The van der Waals surface area contributed by atoms with Crippen LogP contribution in [0.15, 0.2) is 24.3 Å². The molecule has 1 aliphatic rings. The van der Waals surface area contributed by atoms with Crippen LogP contribution >= 0.6 is 0 Å². The van der Waals surface area contributed by atoms with Gasteiger partial charge in [-0.25, -0.2) is 4.39 Å². The molecule has 1 saturated heterocycles. The molecule has 8 nitrogen and oxygen atoms in total. The summed E-state index contributed by atoms with van der Waals surface area (Å²) in [7, 11) is 0. The molecule has 0 bridgehead atoms. The Bertz CT molecular complexity index is 773. The van der Waals surface area contributed by atoms with Crippen molar-refractivity contribution in [1.29, 1.82) is 0 Å². The minimum atomic E-state index is -0.700. The number of hydrogen-bond acceptors (Lipinski definition) is 5. The maximum atomic E-state index is 13.0. The quantitative estimate of drug-likeness (QED) is 0.692. The summed E-state index contributed by atoms with van der Waals surface area (Å²) in [5, 5.41) is 2.59. The molecule has 1 aromatic carbocycles. The predicted octanol–water partition coefficient (Wildman–Crippen LogP) is 1.56. The van der Waals surface area contributed by atoms with Gasteiger partial charge in [-0.1, -0.05) is 0 Å². The van der Waals surface area contributed by atoms with E-state index in [1.165, 1.54) is 34.1 Å². The number of hydrogen-bond donors (Lipinski definition) is 1. The van der Waals surface area contributed by atoms with Gasteiger partial charge < -0.3 is 19.9 Å². The summed E-state index contributed by atoms with van der Waals surface area (Å²) < 4.78 is 18.0. The highest BCUT2D eigenvalue weighted by atomic mass is 19.1. The summed E-state index contributed by atoms with van der Waals surface area (Å²) in [5.41, 5.74) is -0.298. The lowest BCUT2D eigenvalue weighted by Gasteiger charge is -2.35. The molecule has 1 fully saturated rings.